The van der Waals surface area contributed by atoms with Gasteiger partial charge in [0.1, 0.15) is 6.61 Å². The molecule has 0 aromatic rings. The molecule has 0 saturated carbocycles. The first-order valence-electron chi connectivity index (χ1n) is 17.9. The maximum atomic E-state index is 12.1. The van der Waals surface area contributed by atoms with Crippen molar-refractivity contribution in [3.8, 4) is 0 Å². The van der Waals surface area contributed by atoms with Gasteiger partial charge in [0.25, 0.3) is 0 Å². The molecular formula is C37H68O5. The topological polar surface area (TPSA) is 72.8 Å². The van der Waals surface area contributed by atoms with Gasteiger partial charge in [-0.05, 0) is 64.2 Å². The number of hydrogen-bond donors (Lipinski definition) is 1. The molecule has 42 heavy (non-hydrogen) atoms. The standard InChI is InChI=1S/C37H68O5/c1-3-5-7-9-11-13-15-17-18-20-22-24-26-28-30-32-37(40)42-35(33-38)34-41-36(39)31-29-27-25-23-21-19-16-14-12-10-8-6-4-2/h13-16,35,38H,3-12,17-34H2,1-2H3/b15-13+,16-14+/t35-/m0/s1. The molecule has 0 aliphatic heterocycles. The fourth-order valence-electron chi connectivity index (χ4n) is 4.95. The Morgan fingerprint density at radius 3 is 1.29 bits per heavy atom. The molecule has 0 amide bonds. The largest absolute Gasteiger partial charge is 0.462 e. The summed E-state index contributed by atoms with van der Waals surface area (Å²) in [5, 5.41) is 9.51. The summed E-state index contributed by atoms with van der Waals surface area (Å²) in [4.78, 5) is 24.1. The van der Waals surface area contributed by atoms with E-state index in [1.807, 2.05) is 0 Å². The first-order chi connectivity index (χ1) is 20.6. The predicted molar refractivity (Wildman–Crippen MR) is 178 cm³/mol. The average Bonchev–Trinajstić information content (AvgIpc) is 2.99. The van der Waals surface area contributed by atoms with Crippen LogP contribution in [-0.2, 0) is 19.1 Å². The summed E-state index contributed by atoms with van der Waals surface area (Å²) in [6, 6.07) is 0. The highest BCUT2D eigenvalue weighted by Gasteiger charge is 2.16. The minimum absolute atomic E-state index is 0.0695. The van der Waals surface area contributed by atoms with Gasteiger partial charge in [0, 0.05) is 12.8 Å². The van der Waals surface area contributed by atoms with Gasteiger partial charge in [-0.15, -0.1) is 0 Å². The lowest BCUT2D eigenvalue weighted by Crippen LogP contribution is -2.28. The third-order valence-electron chi connectivity index (χ3n) is 7.72. The number of carbonyl (C=O) groups excluding carboxylic acids is 2. The van der Waals surface area contributed by atoms with E-state index >= 15 is 0 Å². The summed E-state index contributed by atoms with van der Waals surface area (Å²) in [6.45, 7) is 4.09. The molecule has 1 N–H and O–H groups in total. The highest BCUT2D eigenvalue weighted by molar-refractivity contribution is 5.70. The summed E-state index contributed by atoms with van der Waals surface area (Å²) in [5.41, 5.74) is 0. The lowest BCUT2D eigenvalue weighted by Gasteiger charge is -2.15. The zero-order chi connectivity index (χ0) is 30.8. The summed E-state index contributed by atoms with van der Waals surface area (Å²) in [5.74, 6) is -0.605. The van der Waals surface area contributed by atoms with Gasteiger partial charge >= 0.3 is 11.9 Å². The van der Waals surface area contributed by atoms with Gasteiger partial charge in [0.15, 0.2) is 6.10 Å². The number of aliphatic hydroxyl groups excluding tert-OH is 1. The minimum atomic E-state index is -0.772. The predicted octanol–water partition coefficient (Wildman–Crippen LogP) is 10.7. The Balaban J connectivity index is 3.58. The van der Waals surface area contributed by atoms with Crippen molar-refractivity contribution in [3.63, 3.8) is 0 Å². The van der Waals surface area contributed by atoms with Crippen LogP contribution >= 0.6 is 0 Å². The van der Waals surface area contributed by atoms with Crippen molar-refractivity contribution < 1.29 is 24.2 Å². The second kappa shape index (κ2) is 33.9. The van der Waals surface area contributed by atoms with Gasteiger partial charge in [0.05, 0.1) is 6.61 Å². The Bertz CT molecular complexity index is 642. The Morgan fingerprint density at radius 1 is 0.524 bits per heavy atom. The van der Waals surface area contributed by atoms with E-state index in [9.17, 15) is 14.7 Å². The Morgan fingerprint density at radius 2 is 0.881 bits per heavy atom. The Hall–Kier alpha value is -1.62. The molecule has 0 rings (SSSR count). The molecule has 0 aliphatic carbocycles. The van der Waals surface area contributed by atoms with Gasteiger partial charge in [-0.2, -0.15) is 0 Å². The van der Waals surface area contributed by atoms with E-state index in [0.29, 0.717) is 12.8 Å². The molecule has 0 bridgehead atoms. The normalized spacial score (nSPS) is 12.4. The number of esters is 2. The van der Waals surface area contributed by atoms with Gasteiger partial charge in [-0.25, -0.2) is 0 Å². The quantitative estimate of drug-likeness (QED) is 0.0478. The first-order valence-corrected chi connectivity index (χ1v) is 17.9. The molecule has 246 valence electrons. The van der Waals surface area contributed by atoms with E-state index in [1.54, 1.807) is 0 Å². The fraction of sp³-hybridized carbons (Fsp3) is 0.838. The van der Waals surface area contributed by atoms with Gasteiger partial charge < -0.3 is 14.6 Å². The third kappa shape index (κ3) is 31.3. The summed E-state index contributed by atoms with van der Waals surface area (Å²) in [6.07, 6.45) is 38.0. The molecule has 0 unspecified atom stereocenters. The van der Waals surface area contributed by atoms with Crippen LogP contribution in [0.25, 0.3) is 0 Å². The van der Waals surface area contributed by atoms with Crippen LogP contribution in [-0.4, -0.2) is 36.4 Å². The van der Waals surface area contributed by atoms with Crippen molar-refractivity contribution in [1.82, 2.24) is 0 Å². The molecule has 0 saturated heterocycles. The SMILES string of the molecule is CCCCCC/C=C/CCCCCCCCCC(=O)O[C@@H](CO)COC(=O)CCCCCCC/C=C/CCCCCC. The second-order valence-electron chi connectivity index (χ2n) is 11.9. The number of allylic oxidation sites excluding steroid dienone is 4. The van der Waals surface area contributed by atoms with E-state index in [-0.39, 0.29) is 25.2 Å². The van der Waals surface area contributed by atoms with Crippen molar-refractivity contribution in [2.75, 3.05) is 13.2 Å². The average molecular weight is 593 g/mol. The van der Waals surface area contributed by atoms with Gasteiger partial charge in [-0.3, -0.25) is 9.59 Å². The molecular weight excluding hydrogens is 524 g/mol. The molecule has 0 aromatic heterocycles. The van der Waals surface area contributed by atoms with E-state index in [2.05, 4.69) is 38.2 Å². The molecule has 0 fully saturated rings. The van der Waals surface area contributed by atoms with Crippen molar-refractivity contribution in [2.24, 2.45) is 0 Å². The van der Waals surface area contributed by atoms with Gasteiger partial charge in [-0.1, -0.05) is 128 Å². The zero-order valence-electron chi connectivity index (χ0n) is 27.8. The lowest BCUT2D eigenvalue weighted by atomic mass is 10.1. The van der Waals surface area contributed by atoms with Crippen LogP contribution in [0.5, 0.6) is 0 Å². The van der Waals surface area contributed by atoms with Crippen LogP contribution in [0.3, 0.4) is 0 Å². The number of ether oxygens (including phenoxy) is 2. The van der Waals surface area contributed by atoms with Crippen LogP contribution in [0.2, 0.25) is 0 Å². The smallest absolute Gasteiger partial charge is 0.306 e. The number of carbonyl (C=O) groups is 2. The molecule has 5 nitrogen and oxygen atoms in total. The molecule has 0 radical (unpaired) electrons. The number of aliphatic hydroxyl groups is 1. The van der Waals surface area contributed by atoms with Crippen LogP contribution in [0.4, 0.5) is 0 Å². The Labute approximate surface area is 260 Å². The zero-order valence-corrected chi connectivity index (χ0v) is 27.8. The molecule has 0 aliphatic rings. The van der Waals surface area contributed by atoms with Gasteiger partial charge in [0.2, 0.25) is 0 Å². The third-order valence-corrected chi connectivity index (χ3v) is 7.72. The Kier molecular flexibility index (Phi) is 32.6. The molecule has 1 atom stereocenters. The van der Waals surface area contributed by atoms with Crippen molar-refractivity contribution in [1.29, 1.82) is 0 Å². The highest BCUT2D eigenvalue weighted by Crippen LogP contribution is 2.12. The first kappa shape index (κ1) is 40.4. The number of hydrogen-bond acceptors (Lipinski definition) is 5. The van der Waals surface area contributed by atoms with E-state index in [0.717, 1.165) is 44.9 Å². The maximum Gasteiger partial charge on any atom is 0.306 e. The maximum absolute atomic E-state index is 12.1. The van der Waals surface area contributed by atoms with Crippen LogP contribution in [0.1, 0.15) is 181 Å². The lowest BCUT2D eigenvalue weighted by molar-refractivity contribution is -0.161. The summed E-state index contributed by atoms with van der Waals surface area (Å²) >= 11 is 0. The highest BCUT2D eigenvalue weighted by atomic mass is 16.6. The van der Waals surface area contributed by atoms with Crippen molar-refractivity contribution in [2.45, 2.75) is 187 Å². The second-order valence-corrected chi connectivity index (χ2v) is 11.9. The minimum Gasteiger partial charge on any atom is -0.462 e. The molecule has 5 heteroatoms. The molecule has 0 heterocycles. The van der Waals surface area contributed by atoms with E-state index < -0.39 is 6.10 Å². The van der Waals surface area contributed by atoms with Crippen LogP contribution in [0.15, 0.2) is 24.3 Å². The summed E-state index contributed by atoms with van der Waals surface area (Å²) in [7, 11) is 0. The summed E-state index contributed by atoms with van der Waals surface area (Å²) < 4.78 is 10.6. The number of unbranched alkanes of at least 4 members (excludes halogenated alkanes) is 20. The molecule has 0 aromatic carbocycles. The van der Waals surface area contributed by atoms with E-state index in [4.69, 9.17) is 9.47 Å². The molecule has 0 spiro atoms. The monoisotopic (exact) mass is 593 g/mol. The van der Waals surface area contributed by atoms with Crippen molar-refractivity contribution >= 4 is 11.9 Å². The van der Waals surface area contributed by atoms with E-state index in [1.165, 1.54) is 109 Å². The number of rotatable bonds is 32. The van der Waals surface area contributed by atoms with Crippen molar-refractivity contribution in [3.05, 3.63) is 24.3 Å². The van der Waals surface area contributed by atoms with Crippen LogP contribution in [0, 0.1) is 0 Å². The van der Waals surface area contributed by atoms with Crippen LogP contribution < -0.4 is 0 Å². The fourth-order valence-corrected chi connectivity index (χ4v) is 4.95.